The molecule has 2 saturated heterocycles. The van der Waals surface area contributed by atoms with Crippen molar-refractivity contribution in [3.63, 3.8) is 0 Å². The first-order chi connectivity index (χ1) is 13.5. The van der Waals surface area contributed by atoms with E-state index >= 15 is 0 Å². The van der Waals surface area contributed by atoms with E-state index in [2.05, 4.69) is 47.9 Å². The molecule has 1 aliphatic carbocycles. The lowest BCUT2D eigenvalue weighted by atomic mass is 9.81. The van der Waals surface area contributed by atoms with Gasteiger partial charge in [0.15, 0.2) is 0 Å². The molecule has 0 bridgehead atoms. The van der Waals surface area contributed by atoms with Gasteiger partial charge in [0, 0.05) is 32.7 Å². The summed E-state index contributed by atoms with van der Waals surface area (Å²) in [6.07, 6.45) is 3.97. The van der Waals surface area contributed by atoms with E-state index in [0.717, 1.165) is 58.4 Å². The second kappa shape index (κ2) is 8.34. The molecule has 5 heteroatoms. The fraction of sp³-hybridized carbons (Fsp3) is 0.652. The van der Waals surface area contributed by atoms with Crippen molar-refractivity contribution in [1.82, 2.24) is 14.7 Å². The van der Waals surface area contributed by atoms with Crippen molar-refractivity contribution in [2.45, 2.75) is 52.0 Å². The summed E-state index contributed by atoms with van der Waals surface area (Å²) in [4.78, 5) is 31.6. The molecule has 5 nitrogen and oxygen atoms in total. The lowest BCUT2D eigenvalue weighted by Crippen LogP contribution is -2.51. The van der Waals surface area contributed by atoms with Crippen LogP contribution in [-0.2, 0) is 16.1 Å². The van der Waals surface area contributed by atoms with Crippen LogP contribution in [0.3, 0.4) is 0 Å². The number of carbonyl (C=O) groups excluding carboxylic acids is 2. The molecule has 0 unspecified atom stereocenters. The molecule has 0 radical (unpaired) electrons. The normalized spacial score (nSPS) is 26.9. The van der Waals surface area contributed by atoms with Gasteiger partial charge in [-0.05, 0) is 29.9 Å². The second-order valence-electron chi connectivity index (χ2n) is 9.03. The smallest absolute Gasteiger partial charge is 0.234 e. The van der Waals surface area contributed by atoms with E-state index < -0.39 is 0 Å². The van der Waals surface area contributed by atoms with Gasteiger partial charge in [0.1, 0.15) is 0 Å². The first kappa shape index (κ1) is 19.6. The van der Waals surface area contributed by atoms with Crippen LogP contribution in [0.2, 0.25) is 0 Å². The average Bonchev–Trinajstić information content (AvgIpc) is 2.95. The zero-order valence-corrected chi connectivity index (χ0v) is 17.3. The number of benzene rings is 1. The monoisotopic (exact) mass is 383 g/mol. The zero-order valence-electron chi connectivity index (χ0n) is 17.3. The maximum Gasteiger partial charge on any atom is 0.234 e. The van der Waals surface area contributed by atoms with Crippen LogP contribution in [0.5, 0.6) is 0 Å². The van der Waals surface area contributed by atoms with Crippen LogP contribution < -0.4 is 0 Å². The third-order valence-corrected chi connectivity index (χ3v) is 6.79. The quantitative estimate of drug-likeness (QED) is 0.733. The number of hydrogen-bond donors (Lipinski definition) is 0. The van der Waals surface area contributed by atoms with E-state index in [9.17, 15) is 9.59 Å². The molecule has 1 aromatic rings. The highest BCUT2D eigenvalue weighted by atomic mass is 16.2. The van der Waals surface area contributed by atoms with Gasteiger partial charge in [-0.2, -0.15) is 0 Å². The Morgan fingerprint density at radius 3 is 1.93 bits per heavy atom. The minimum atomic E-state index is -0.0312. The summed E-state index contributed by atoms with van der Waals surface area (Å²) in [5.74, 6) is 0.676. The van der Waals surface area contributed by atoms with Crippen molar-refractivity contribution in [3.8, 4) is 0 Å². The lowest BCUT2D eigenvalue weighted by Gasteiger charge is -2.36. The number of amides is 2. The third kappa shape index (κ3) is 4.01. The van der Waals surface area contributed by atoms with Gasteiger partial charge < -0.3 is 0 Å². The van der Waals surface area contributed by atoms with Gasteiger partial charge in [0.05, 0.1) is 18.5 Å². The van der Waals surface area contributed by atoms with Crippen LogP contribution in [0.1, 0.15) is 56.6 Å². The van der Waals surface area contributed by atoms with Gasteiger partial charge in [-0.1, -0.05) is 51.0 Å². The summed E-state index contributed by atoms with van der Waals surface area (Å²) >= 11 is 0. The van der Waals surface area contributed by atoms with E-state index in [-0.39, 0.29) is 23.7 Å². The van der Waals surface area contributed by atoms with Gasteiger partial charge in [-0.15, -0.1) is 0 Å². The number of hydrogen-bond acceptors (Lipinski definition) is 4. The third-order valence-electron chi connectivity index (χ3n) is 6.79. The number of nitrogens with zero attached hydrogens (tertiary/aromatic N) is 3. The number of carbonyl (C=O) groups is 2. The highest BCUT2D eigenvalue weighted by Crippen LogP contribution is 2.38. The molecule has 2 amide bonds. The predicted molar refractivity (Wildman–Crippen MR) is 110 cm³/mol. The van der Waals surface area contributed by atoms with Crippen LogP contribution in [0.25, 0.3) is 0 Å². The Kier molecular flexibility index (Phi) is 5.83. The minimum Gasteiger partial charge on any atom is -0.297 e. The van der Waals surface area contributed by atoms with Crippen LogP contribution >= 0.6 is 0 Å². The van der Waals surface area contributed by atoms with Crippen molar-refractivity contribution >= 4 is 11.8 Å². The van der Waals surface area contributed by atoms with E-state index in [1.807, 2.05) is 0 Å². The molecule has 0 spiro atoms. The molecular weight excluding hydrogens is 350 g/mol. The van der Waals surface area contributed by atoms with Crippen LogP contribution in [0.15, 0.2) is 24.3 Å². The van der Waals surface area contributed by atoms with Crippen molar-refractivity contribution in [3.05, 3.63) is 35.4 Å². The van der Waals surface area contributed by atoms with E-state index in [0.29, 0.717) is 12.6 Å². The summed E-state index contributed by atoms with van der Waals surface area (Å²) in [5.41, 5.74) is 2.74. The number of likely N-dealkylation sites (tertiary alicyclic amines) is 1. The molecular formula is C23H33N3O2. The molecule has 1 saturated carbocycles. The van der Waals surface area contributed by atoms with Gasteiger partial charge in [-0.25, -0.2) is 0 Å². The highest BCUT2D eigenvalue weighted by molar-refractivity contribution is 6.05. The van der Waals surface area contributed by atoms with E-state index in [1.165, 1.54) is 11.1 Å². The number of fused-ring (bicyclic) bond motifs is 1. The summed E-state index contributed by atoms with van der Waals surface area (Å²) in [5, 5.41) is 0. The Hall–Kier alpha value is -1.72. The largest absolute Gasteiger partial charge is 0.297 e. The van der Waals surface area contributed by atoms with E-state index in [1.54, 1.807) is 4.90 Å². The Balaban J connectivity index is 1.27. The first-order valence-corrected chi connectivity index (χ1v) is 10.9. The number of piperazine rings is 1. The van der Waals surface area contributed by atoms with Crippen molar-refractivity contribution < 1.29 is 9.59 Å². The first-order valence-electron chi connectivity index (χ1n) is 10.9. The standard InChI is InChI=1S/C23H33N3O2/c1-17(2)19-9-7-18(8-10-19)15-24-11-13-25(14-12-24)16-26-22(27)20-5-3-4-6-21(20)23(26)28/h7-10,17,20-21H,3-6,11-16H2,1-2H3/t20-,21+. The Morgan fingerprint density at radius 2 is 1.39 bits per heavy atom. The zero-order chi connectivity index (χ0) is 19.7. The second-order valence-corrected chi connectivity index (χ2v) is 9.03. The summed E-state index contributed by atoms with van der Waals surface area (Å²) in [6, 6.07) is 8.95. The van der Waals surface area contributed by atoms with Crippen LogP contribution in [0, 0.1) is 11.8 Å². The fourth-order valence-electron chi connectivity index (χ4n) is 4.93. The maximum absolute atomic E-state index is 12.7. The topological polar surface area (TPSA) is 43.9 Å². The van der Waals surface area contributed by atoms with Gasteiger partial charge in [0.2, 0.25) is 11.8 Å². The Morgan fingerprint density at radius 1 is 0.857 bits per heavy atom. The van der Waals surface area contributed by atoms with Crippen molar-refractivity contribution in [2.24, 2.45) is 11.8 Å². The van der Waals surface area contributed by atoms with Gasteiger partial charge in [-0.3, -0.25) is 24.3 Å². The van der Waals surface area contributed by atoms with Gasteiger partial charge >= 0.3 is 0 Å². The molecule has 152 valence electrons. The van der Waals surface area contributed by atoms with Crippen molar-refractivity contribution in [2.75, 3.05) is 32.8 Å². The molecule has 28 heavy (non-hydrogen) atoms. The highest BCUT2D eigenvalue weighted by Gasteiger charge is 2.48. The van der Waals surface area contributed by atoms with Crippen LogP contribution in [-0.4, -0.2) is 59.4 Å². The molecule has 2 aliphatic heterocycles. The SMILES string of the molecule is CC(C)c1ccc(CN2CCN(CN3C(=O)[C@H]4CCCC[C@H]4C3=O)CC2)cc1. The van der Waals surface area contributed by atoms with E-state index in [4.69, 9.17) is 0 Å². The summed E-state index contributed by atoms with van der Waals surface area (Å²) < 4.78 is 0. The Labute approximate surface area is 168 Å². The summed E-state index contributed by atoms with van der Waals surface area (Å²) in [7, 11) is 0. The van der Waals surface area contributed by atoms with Gasteiger partial charge in [0.25, 0.3) is 0 Å². The molecule has 0 aromatic heterocycles. The molecule has 3 aliphatic rings. The number of rotatable bonds is 5. The molecule has 2 atom stereocenters. The van der Waals surface area contributed by atoms with Crippen molar-refractivity contribution in [1.29, 1.82) is 0 Å². The molecule has 3 fully saturated rings. The Bertz CT molecular complexity index is 683. The predicted octanol–water partition coefficient (Wildman–Crippen LogP) is 3.06. The molecule has 1 aromatic carbocycles. The molecule has 4 rings (SSSR count). The average molecular weight is 384 g/mol. The number of imide groups is 1. The lowest BCUT2D eigenvalue weighted by molar-refractivity contribution is -0.142. The van der Waals surface area contributed by atoms with Crippen LogP contribution in [0.4, 0.5) is 0 Å². The fourth-order valence-corrected chi connectivity index (χ4v) is 4.93. The molecule has 0 N–H and O–H groups in total. The maximum atomic E-state index is 12.7. The molecule has 2 heterocycles. The minimum absolute atomic E-state index is 0.0312. The summed E-state index contributed by atoms with van der Waals surface area (Å²) in [6.45, 7) is 9.69.